The third kappa shape index (κ3) is 2.94. The fourth-order valence-corrected chi connectivity index (χ4v) is 3.09. The summed E-state index contributed by atoms with van der Waals surface area (Å²) >= 11 is 1.57. The Morgan fingerprint density at radius 3 is 2.79 bits per heavy atom. The number of hydrogen-bond donors (Lipinski definition) is 1. The van der Waals surface area contributed by atoms with E-state index in [1.807, 2.05) is 29.6 Å². The van der Waals surface area contributed by atoms with Crippen LogP contribution in [-0.2, 0) is 6.54 Å². The first-order valence-corrected chi connectivity index (χ1v) is 7.41. The van der Waals surface area contributed by atoms with Crippen molar-refractivity contribution in [2.75, 3.05) is 0 Å². The molecule has 98 valence electrons. The van der Waals surface area contributed by atoms with Crippen LogP contribution in [0.1, 0.15) is 18.4 Å². The van der Waals surface area contributed by atoms with E-state index in [0.29, 0.717) is 11.6 Å². The third-order valence-corrected chi connectivity index (χ3v) is 4.32. The Hall–Kier alpha value is -1.45. The molecule has 0 amide bonds. The standard InChI is InChI=1S/C16H16FNS/c17-15-8-7-12(11-18-13-4-1-2-5-13)10-14(15)16-6-3-9-19-16/h1-3,6-10,13,18H,4-5,11H2. The molecule has 0 radical (unpaired) electrons. The summed E-state index contributed by atoms with van der Waals surface area (Å²) in [5.41, 5.74) is 1.84. The van der Waals surface area contributed by atoms with Crippen LogP contribution in [-0.4, -0.2) is 6.04 Å². The zero-order valence-corrected chi connectivity index (χ0v) is 11.4. The molecule has 3 heteroatoms. The molecule has 0 bridgehead atoms. The summed E-state index contributed by atoms with van der Waals surface area (Å²) in [6.07, 6.45) is 6.61. The van der Waals surface area contributed by atoms with Crippen molar-refractivity contribution in [3.05, 3.63) is 59.2 Å². The Morgan fingerprint density at radius 1 is 1.21 bits per heavy atom. The van der Waals surface area contributed by atoms with Crippen LogP contribution in [0, 0.1) is 5.82 Å². The first kappa shape index (κ1) is 12.6. The summed E-state index contributed by atoms with van der Waals surface area (Å²) in [4.78, 5) is 0.988. The Morgan fingerprint density at radius 2 is 2.05 bits per heavy atom. The van der Waals surface area contributed by atoms with E-state index in [2.05, 4.69) is 17.5 Å². The number of thiophene rings is 1. The molecule has 2 aromatic rings. The fraction of sp³-hybridized carbons (Fsp3) is 0.250. The number of benzene rings is 1. The van der Waals surface area contributed by atoms with Crippen LogP contribution in [0.25, 0.3) is 10.4 Å². The molecule has 1 aromatic carbocycles. The topological polar surface area (TPSA) is 12.0 Å². The van der Waals surface area contributed by atoms with E-state index >= 15 is 0 Å². The molecule has 1 aliphatic carbocycles. The zero-order valence-electron chi connectivity index (χ0n) is 10.6. The van der Waals surface area contributed by atoms with Gasteiger partial charge in [0.1, 0.15) is 5.82 Å². The zero-order chi connectivity index (χ0) is 13.1. The highest BCUT2D eigenvalue weighted by atomic mass is 32.1. The molecule has 1 nitrogen and oxygen atoms in total. The van der Waals surface area contributed by atoms with Gasteiger partial charge in [0.05, 0.1) is 0 Å². The van der Waals surface area contributed by atoms with Crippen molar-refractivity contribution in [2.24, 2.45) is 0 Å². The van der Waals surface area contributed by atoms with E-state index in [9.17, 15) is 4.39 Å². The minimum absolute atomic E-state index is 0.145. The van der Waals surface area contributed by atoms with E-state index in [1.165, 1.54) is 0 Å². The lowest BCUT2D eigenvalue weighted by molar-refractivity contribution is 0.538. The minimum Gasteiger partial charge on any atom is -0.309 e. The second kappa shape index (κ2) is 5.68. The fourth-order valence-electron chi connectivity index (χ4n) is 2.35. The molecule has 0 unspecified atom stereocenters. The number of halogens is 1. The van der Waals surface area contributed by atoms with Crippen molar-refractivity contribution < 1.29 is 4.39 Å². The molecule has 0 fully saturated rings. The smallest absolute Gasteiger partial charge is 0.131 e. The lowest BCUT2D eigenvalue weighted by atomic mass is 10.1. The van der Waals surface area contributed by atoms with Crippen molar-refractivity contribution in [1.82, 2.24) is 5.32 Å². The van der Waals surface area contributed by atoms with Crippen LogP contribution >= 0.6 is 11.3 Å². The Bertz CT molecular complexity index is 566. The van der Waals surface area contributed by atoms with E-state index in [4.69, 9.17) is 0 Å². The third-order valence-electron chi connectivity index (χ3n) is 3.42. The molecule has 1 heterocycles. The molecule has 0 atom stereocenters. The molecular weight excluding hydrogens is 257 g/mol. The summed E-state index contributed by atoms with van der Waals surface area (Å²) in [6, 6.07) is 9.84. The van der Waals surface area contributed by atoms with Gasteiger partial charge in [-0.3, -0.25) is 0 Å². The minimum atomic E-state index is -0.145. The van der Waals surface area contributed by atoms with Crippen molar-refractivity contribution in [1.29, 1.82) is 0 Å². The van der Waals surface area contributed by atoms with E-state index in [0.717, 1.165) is 29.8 Å². The molecule has 0 spiro atoms. The van der Waals surface area contributed by atoms with Crippen molar-refractivity contribution in [3.8, 4) is 10.4 Å². The number of nitrogens with one attached hydrogen (secondary N) is 1. The molecule has 0 saturated heterocycles. The van der Waals surface area contributed by atoms with Crippen molar-refractivity contribution >= 4 is 11.3 Å². The highest BCUT2D eigenvalue weighted by molar-refractivity contribution is 7.13. The quantitative estimate of drug-likeness (QED) is 0.816. The summed E-state index contributed by atoms with van der Waals surface area (Å²) in [6.45, 7) is 0.797. The van der Waals surface area contributed by atoms with Gasteiger partial charge in [-0.25, -0.2) is 4.39 Å². The summed E-state index contributed by atoms with van der Waals surface area (Å²) in [5.74, 6) is -0.145. The van der Waals surface area contributed by atoms with Crippen LogP contribution in [0.2, 0.25) is 0 Å². The summed E-state index contributed by atoms with van der Waals surface area (Å²) in [5, 5.41) is 5.48. The first-order chi connectivity index (χ1) is 9.33. The molecule has 1 N–H and O–H groups in total. The van der Waals surface area contributed by atoms with E-state index in [-0.39, 0.29) is 5.82 Å². The van der Waals surface area contributed by atoms with Crippen molar-refractivity contribution in [3.63, 3.8) is 0 Å². The molecule has 0 saturated carbocycles. The molecule has 1 aliphatic rings. The van der Waals surface area contributed by atoms with Gasteiger partial charge in [-0.2, -0.15) is 0 Å². The van der Waals surface area contributed by atoms with Crippen LogP contribution in [0.15, 0.2) is 47.9 Å². The Labute approximate surface area is 116 Å². The van der Waals surface area contributed by atoms with Gasteiger partial charge in [0.2, 0.25) is 0 Å². The first-order valence-electron chi connectivity index (χ1n) is 6.53. The molecular formula is C16H16FNS. The monoisotopic (exact) mass is 273 g/mol. The maximum Gasteiger partial charge on any atom is 0.131 e. The molecule has 0 aliphatic heterocycles. The maximum absolute atomic E-state index is 13.9. The van der Waals surface area contributed by atoms with Crippen molar-refractivity contribution in [2.45, 2.75) is 25.4 Å². The van der Waals surface area contributed by atoms with Gasteiger partial charge in [0.25, 0.3) is 0 Å². The van der Waals surface area contributed by atoms with Gasteiger partial charge in [0, 0.05) is 23.0 Å². The van der Waals surface area contributed by atoms with Gasteiger partial charge in [0.15, 0.2) is 0 Å². The Kier molecular flexibility index (Phi) is 3.76. The lowest BCUT2D eigenvalue weighted by Crippen LogP contribution is -2.25. The number of rotatable bonds is 4. The summed E-state index contributed by atoms with van der Waals surface area (Å²) in [7, 11) is 0. The average Bonchev–Trinajstić information content (AvgIpc) is 3.11. The normalized spacial score (nSPS) is 15.2. The molecule has 1 aromatic heterocycles. The van der Waals surface area contributed by atoms with Crippen LogP contribution in [0.5, 0.6) is 0 Å². The largest absolute Gasteiger partial charge is 0.309 e. The van der Waals surface area contributed by atoms with Gasteiger partial charge >= 0.3 is 0 Å². The number of hydrogen-bond acceptors (Lipinski definition) is 2. The van der Waals surface area contributed by atoms with E-state index < -0.39 is 0 Å². The van der Waals surface area contributed by atoms with Gasteiger partial charge in [-0.05, 0) is 42.0 Å². The van der Waals surface area contributed by atoms with Crippen LogP contribution in [0.4, 0.5) is 4.39 Å². The van der Waals surface area contributed by atoms with Gasteiger partial charge in [-0.1, -0.05) is 24.3 Å². The Balaban J connectivity index is 1.74. The van der Waals surface area contributed by atoms with E-state index in [1.54, 1.807) is 17.4 Å². The second-order valence-electron chi connectivity index (χ2n) is 4.81. The summed E-state index contributed by atoms with van der Waals surface area (Å²) < 4.78 is 13.9. The van der Waals surface area contributed by atoms with Gasteiger partial charge < -0.3 is 5.32 Å². The highest BCUT2D eigenvalue weighted by Gasteiger charge is 2.11. The van der Waals surface area contributed by atoms with Gasteiger partial charge in [-0.15, -0.1) is 11.3 Å². The average molecular weight is 273 g/mol. The second-order valence-corrected chi connectivity index (χ2v) is 5.76. The predicted octanol–water partition coefficient (Wildman–Crippen LogP) is 4.36. The molecule has 3 rings (SSSR count). The highest BCUT2D eigenvalue weighted by Crippen LogP contribution is 2.28. The van der Waals surface area contributed by atoms with Crippen LogP contribution < -0.4 is 5.32 Å². The predicted molar refractivity (Wildman–Crippen MR) is 78.7 cm³/mol. The SMILES string of the molecule is Fc1ccc(CNC2CC=CC2)cc1-c1cccs1. The molecule has 19 heavy (non-hydrogen) atoms. The van der Waals surface area contributed by atoms with Crippen LogP contribution in [0.3, 0.4) is 0 Å². The maximum atomic E-state index is 13.9. The lowest BCUT2D eigenvalue weighted by Gasteiger charge is -2.12.